The van der Waals surface area contributed by atoms with Gasteiger partial charge in [0.15, 0.2) is 0 Å². The molecule has 3 aliphatic carbocycles. The van der Waals surface area contributed by atoms with Crippen LogP contribution < -0.4 is 0 Å². The Bertz CT molecular complexity index is 3830. The zero-order valence-corrected chi connectivity index (χ0v) is 35.4. The Morgan fingerprint density at radius 3 is 1.65 bits per heavy atom. The molecule has 0 saturated carbocycles. The number of fused-ring (bicyclic) bond motifs is 4. The van der Waals surface area contributed by atoms with Crippen LogP contribution in [0.1, 0.15) is 48.1 Å². The van der Waals surface area contributed by atoms with Crippen LogP contribution in [0.15, 0.2) is 188 Å². The van der Waals surface area contributed by atoms with Gasteiger partial charge in [0.05, 0.1) is 0 Å². The molecule has 0 N–H and O–H groups in total. The Labute approximate surface area is 367 Å². The van der Waals surface area contributed by atoms with E-state index in [0.717, 1.165) is 12.8 Å². The maximum Gasteiger partial charge on any atom is 0.0159 e. The number of rotatable bonds is 4. The third kappa shape index (κ3) is 5.04. The Morgan fingerprint density at radius 1 is 0.381 bits per heavy atom. The first-order chi connectivity index (χ1) is 30.9. The molecule has 0 aliphatic heterocycles. The topological polar surface area (TPSA) is 0 Å². The van der Waals surface area contributed by atoms with Crippen LogP contribution in [0.4, 0.5) is 0 Å². The van der Waals surface area contributed by atoms with Gasteiger partial charge in [0.25, 0.3) is 0 Å². The van der Waals surface area contributed by atoms with Gasteiger partial charge >= 0.3 is 0 Å². The van der Waals surface area contributed by atoms with E-state index in [4.69, 9.17) is 0 Å². The lowest BCUT2D eigenvalue weighted by atomic mass is 9.78. The molecule has 294 valence electrons. The molecule has 0 heteroatoms. The van der Waals surface area contributed by atoms with Crippen LogP contribution >= 0.6 is 0 Å². The lowest BCUT2D eigenvalue weighted by molar-refractivity contribution is 0.661. The van der Waals surface area contributed by atoms with Gasteiger partial charge in [-0.2, -0.15) is 0 Å². The van der Waals surface area contributed by atoms with Crippen molar-refractivity contribution in [2.45, 2.75) is 32.1 Å². The minimum Gasteiger partial charge on any atom is -0.0795 e. The maximum absolute atomic E-state index is 2.48. The monoisotopic (exact) mass is 798 g/mol. The molecule has 11 aromatic rings. The highest BCUT2D eigenvalue weighted by molar-refractivity contribution is 6.25. The SMILES string of the molecule is CC1(C)c2cc(-c3ccc(-c4ccc5cc(-c6ccc7ccc8cccc9ccc6c7c89)ccc5c4)cc3)ccc2-c2ccc(-c3ccc4c5c6c(ccc35)C=CCC6=CC4)cc21. The van der Waals surface area contributed by atoms with E-state index in [1.165, 1.54) is 143 Å². The summed E-state index contributed by atoms with van der Waals surface area (Å²) in [5.41, 5.74) is 21.3. The van der Waals surface area contributed by atoms with E-state index >= 15 is 0 Å². The molecule has 0 atom stereocenters. The average Bonchev–Trinajstić information content (AvgIpc) is 3.56. The summed E-state index contributed by atoms with van der Waals surface area (Å²) in [6.45, 7) is 4.81. The first-order valence-corrected chi connectivity index (χ1v) is 22.5. The normalized spacial score (nSPS) is 14.5. The number of allylic oxidation sites excluding steroid dienone is 3. The van der Waals surface area contributed by atoms with Crippen molar-refractivity contribution in [1.82, 2.24) is 0 Å². The summed E-state index contributed by atoms with van der Waals surface area (Å²) in [4.78, 5) is 0. The lowest BCUT2D eigenvalue weighted by Gasteiger charge is -2.25. The van der Waals surface area contributed by atoms with Gasteiger partial charge in [-0.1, -0.05) is 184 Å². The van der Waals surface area contributed by atoms with Crippen molar-refractivity contribution >= 4 is 65.5 Å². The van der Waals surface area contributed by atoms with Crippen LogP contribution in [-0.2, 0) is 11.8 Å². The van der Waals surface area contributed by atoms with E-state index in [0.29, 0.717) is 0 Å². The van der Waals surface area contributed by atoms with Gasteiger partial charge in [-0.05, 0) is 180 Å². The minimum atomic E-state index is -0.122. The Hall–Kier alpha value is -7.54. The molecule has 3 aliphatic rings. The second-order valence-electron chi connectivity index (χ2n) is 18.7. The van der Waals surface area contributed by atoms with E-state index < -0.39 is 0 Å². The van der Waals surface area contributed by atoms with E-state index in [2.05, 4.69) is 208 Å². The first kappa shape index (κ1) is 35.1. The van der Waals surface area contributed by atoms with Crippen molar-refractivity contribution in [3.05, 3.63) is 216 Å². The quantitative estimate of drug-likeness (QED) is 0.156. The van der Waals surface area contributed by atoms with Crippen molar-refractivity contribution in [1.29, 1.82) is 0 Å². The highest BCUT2D eigenvalue weighted by atomic mass is 14.4. The van der Waals surface area contributed by atoms with Crippen LogP contribution in [0.2, 0.25) is 0 Å². The maximum atomic E-state index is 2.48. The van der Waals surface area contributed by atoms with Gasteiger partial charge in [-0.3, -0.25) is 0 Å². The summed E-state index contributed by atoms with van der Waals surface area (Å²) in [5, 5.41) is 13.3. The molecule has 0 heterocycles. The highest BCUT2D eigenvalue weighted by Crippen LogP contribution is 2.52. The summed E-state index contributed by atoms with van der Waals surface area (Å²) in [6, 6.07) is 67.1. The van der Waals surface area contributed by atoms with E-state index in [1.807, 2.05) is 0 Å². The lowest BCUT2D eigenvalue weighted by Crippen LogP contribution is -2.15. The predicted octanol–water partition coefficient (Wildman–Crippen LogP) is 17.2. The van der Waals surface area contributed by atoms with Crippen LogP contribution in [-0.4, -0.2) is 0 Å². The molecule has 0 saturated heterocycles. The zero-order valence-electron chi connectivity index (χ0n) is 35.4. The fraction of sp³-hybridized carbons (Fsp3) is 0.0794. The van der Waals surface area contributed by atoms with Crippen molar-refractivity contribution < 1.29 is 0 Å². The molecule has 0 nitrogen and oxygen atoms in total. The van der Waals surface area contributed by atoms with Gasteiger partial charge < -0.3 is 0 Å². The second kappa shape index (κ2) is 12.8. The van der Waals surface area contributed by atoms with E-state index in [1.54, 1.807) is 0 Å². The Kier molecular flexibility index (Phi) is 7.11. The number of benzene rings is 11. The molecule has 63 heavy (non-hydrogen) atoms. The fourth-order valence-corrected chi connectivity index (χ4v) is 11.8. The van der Waals surface area contributed by atoms with Crippen molar-refractivity contribution in [2.75, 3.05) is 0 Å². The minimum absolute atomic E-state index is 0.122. The largest absolute Gasteiger partial charge is 0.0795 e. The molecule has 11 aromatic carbocycles. The molecule has 0 bridgehead atoms. The standard InChI is InChI=1S/C63H42/c1-63(2)57-35-48(25-29-53(57)54-30-26-50(36-58(54)63)52-28-22-44-16-14-40-6-4-8-42-24-32-56(52)62(44)60(40)42)38-11-9-37(10-12-38)45-17-18-47-34-49(20-19-46(47)33-45)51-27-21-43-15-13-39-5-3-7-41-23-31-55(51)61(43)59(39)41/h3-5,7-15,17-36H,6,16H2,1-2H3. The summed E-state index contributed by atoms with van der Waals surface area (Å²) < 4.78 is 0. The summed E-state index contributed by atoms with van der Waals surface area (Å²) in [7, 11) is 0. The van der Waals surface area contributed by atoms with Crippen molar-refractivity contribution in [3.8, 4) is 55.6 Å². The van der Waals surface area contributed by atoms with E-state index in [-0.39, 0.29) is 5.41 Å². The summed E-state index contributed by atoms with van der Waals surface area (Å²) in [5.74, 6) is 0. The summed E-state index contributed by atoms with van der Waals surface area (Å²) >= 11 is 0. The molecule has 0 amide bonds. The third-order valence-electron chi connectivity index (χ3n) is 15.0. The van der Waals surface area contributed by atoms with Gasteiger partial charge in [0, 0.05) is 5.41 Å². The van der Waals surface area contributed by atoms with Crippen LogP contribution in [0.5, 0.6) is 0 Å². The number of hydrogen-bond donors (Lipinski definition) is 0. The molecular weight excluding hydrogens is 757 g/mol. The van der Waals surface area contributed by atoms with Crippen LogP contribution in [0.25, 0.3) is 121 Å². The summed E-state index contributed by atoms with van der Waals surface area (Å²) in [6.07, 6.45) is 9.11. The smallest absolute Gasteiger partial charge is 0.0159 e. The molecule has 0 unspecified atom stereocenters. The van der Waals surface area contributed by atoms with Gasteiger partial charge in [-0.25, -0.2) is 0 Å². The predicted molar refractivity (Wildman–Crippen MR) is 270 cm³/mol. The molecule has 0 spiro atoms. The fourth-order valence-electron chi connectivity index (χ4n) is 11.8. The molecule has 0 aromatic heterocycles. The average molecular weight is 799 g/mol. The Balaban J connectivity index is 0.762. The first-order valence-electron chi connectivity index (χ1n) is 22.5. The zero-order chi connectivity index (χ0) is 41.6. The highest BCUT2D eigenvalue weighted by Gasteiger charge is 2.36. The Morgan fingerprint density at radius 2 is 0.889 bits per heavy atom. The number of hydrogen-bond acceptors (Lipinski definition) is 0. The van der Waals surface area contributed by atoms with E-state index in [9.17, 15) is 0 Å². The third-order valence-corrected chi connectivity index (χ3v) is 15.0. The van der Waals surface area contributed by atoms with Crippen LogP contribution in [0, 0.1) is 0 Å². The van der Waals surface area contributed by atoms with Crippen molar-refractivity contribution in [2.24, 2.45) is 0 Å². The van der Waals surface area contributed by atoms with Gasteiger partial charge in [0.2, 0.25) is 0 Å². The van der Waals surface area contributed by atoms with Crippen molar-refractivity contribution in [3.63, 3.8) is 0 Å². The van der Waals surface area contributed by atoms with Gasteiger partial charge in [0.1, 0.15) is 0 Å². The molecule has 0 fully saturated rings. The van der Waals surface area contributed by atoms with Gasteiger partial charge in [-0.15, -0.1) is 0 Å². The molecule has 0 radical (unpaired) electrons. The molecular formula is C63H42. The molecule has 14 rings (SSSR count). The van der Waals surface area contributed by atoms with Crippen LogP contribution in [0.3, 0.4) is 0 Å². The second-order valence-corrected chi connectivity index (χ2v) is 18.7.